The first-order valence-corrected chi connectivity index (χ1v) is 7.96. The minimum atomic E-state index is -0.396. The molecule has 7 heteroatoms. The first-order valence-electron chi connectivity index (χ1n) is 7.15. The van der Waals surface area contributed by atoms with Gasteiger partial charge in [0.25, 0.3) is 11.5 Å². The van der Waals surface area contributed by atoms with Gasteiger partial charge in [-0.2, -0.15) is 0 Å². The summed E-state index contributed by atoms with van der Waals surface area (Å²) in [5.74, 6) is -0.719. The fraction of sp³-hybridized carbons (Fsp3) is 0.118. The van der Waals surface area contributed by atoms with Gasteiger partial charge in [0.15, 0.2) is 5.82 Å². The van der Waals surface area contributed by atoms with Crippen molar-refractivity contribution >= 4 is 23.1 Å². The Morgan fingerprint density at radius 1 is 1.29 bits per heavy atom. The Morgan fingerprint density at radius 2 is 2.00 bits per heavy atom. The highest BCUT2D eigenvalue weighted by Gasteiger charge is 2.16. The van der Waals surface area contributed by atoms with Crippen molar-refractivity contribution in [3.8, 4) is 10.4 Å². The van der Waals surface area contributed by atoms with Gasteiger partial charge in [-0.15, -0.1) is 11.3 Å². The molecule has 5 nitrogen and oxygen atoms in total. The van der Waals surface area contributed by atoms with Crippen LogP contribution >= 0.6 is 11.3 Å². The molecule has 0 fully saturated rings. The first-order chi connectivity index (χ1) is 11.5. The molecule has 0 aliphatic carbocycles. The molecule has 0 aliphatic rings. The lowest BCUT2D eigenvalue weighted by atomic mass is 10.1. The molecule has 0 spiro atoms. The van der Waals surface area contributed by atoms with E-state index >= 15 is 0 Å². The molecule has 0 saturated carbocycles. The number of hydrogen-bond donors (Lipinski definition) is 1. The molecule has 3 rings (SSSR count). The fourth-order valence-corrected chi connectivity index (χ4v) is 3.31. The van der Waals surface area contributed by atoms with Crippen LogP contribution in [0.4, 0.5) is 10.2 Å². The number of anilines is 1. The van der Waals surface area contributed by atoms with Crippen molar-refractivity contribution in [1.82, 2.24) is 9.55 Å². The SMILES string of the molecule is Cc1cc(C(=O)Nc2nccn(C)c2=O)sc1-c1ccc(F)cc1. The number of aryl methyl sites for hydroxylation is 2. The van der Waals surface area contributed by atoms with Crippen molar-refractivity contribution in [1.29, 1.82) is 0 Å². The van der Waals surface area contributed by atoms with Crippen molar-refractivity contribution in [2.45, 2.75) is 6.92 Å². The number of thiophene rings is 1. The van der Waals surface area contributed by atoms with Crippen LogP contribution in [0.5, 0.6) is 0 Å². The second kappa shape index (κ2) is 6.37. The molecular weight excluding hydrogens is 329 g/mol. The third-order valence-electron chi connectivity index (χ3n) is 3.50. The minimum absolute atomic E-state index is 0.0145. The number of carbonyl (C=O) groups excluding carboxylic acids is 1. The number of benzene rings is 1. The fourth-order valence-electron chi connectivity index (χ4n) is 2.23. The quantitative estimate of drug-likeness (QED) is 0.794. The summed E-state index contributed by atoms with van der Waals surface area (Å²) in [4.78, 5) is 29.5. The van der Waals surface area contributed by atoms with Gasteiger partial charge in [0.2, 0.25) is 0 Å². The maximum absolute atomic E-state index is 13.0. The van der Waals surface area contributed by atoms with Crippen molar-refractivity contribution in [2.24, 2.45) is 7.05 Å². The average molecular weight is 343 g/mol. The van der Waals surface area contributed by atoms with Gasteiger partial charge in [0, 0.05) is 24.3 Å². The van der Waals surface area contributed by atoms with E-state index in [2.05, 4.69) is 10.3 Å². The lowest BCUT2D eigenvalue weighted by molar-refractivity contribution is 0.103. The summed E-state index contributed by atoms with van der Waals surface area (Å²) in [6.07, 6.45) is 2.96. The zero-order valence-electron chi connectivity index (χ0n) is 13.0. The van der Waals surface area contributed by atoms with Crippen molar-refractivity contribution in [3.05, 3.63) is 69.3 Å². The van der Waals surface area contributed by atoms with Crippen LogP contribution in [-0.2, 0) is 7.05 Å². The highest BCUT2D eigenvalue weighted by molar-refractivity contribution is 7.17. The van der Waals surface area contributed by atoms with Crippen LogP contribution < -0.4 is 10.9 Å². The summed E-state index contributed by atoms with van der Waals surface area (Å²) in [5, 5.41) is 2.54. The summed E-state index contributed by atoms with van der Waals surface area (Å²) in [5.41, 5.74) is 1.37. The van der Waals surface area contributed by atoms with Crippen molar-refractivity contribution in [3.63, 3.8) is 0 Å². The van der Waals surface area contributed by atoms with E-state index in [9.17, 15) is 14.0 Å². The molecule has 2 heterocycles. The monoisotopic (exact) mass is 343 g/mol. The molecule has 1 N–H and O–H groups in total. The van der Waals surface area contributed by atoms with Gasteiger partial charge in [0.1, 0.15) is 5.82 Å². The molecule has 0 bridgehead atoms. The molecular formula is C17H14FN3O2S. The Labute approximate surface area is 141 Å². The van der Waals surface area contributed by atoms with Crippen LogP contribution in [0.15, 0.2) is 47.5 Å². The van der Waals surface area contributed by atoms with Crippen LogP contribution in [-0.4, -0.2) is 15.5 Å². The molecule has 0 radical (unpaired) electrons. The highest BCUT2D eigenvalue weighted by atomic mass is 32.1. The second-order valence-corrected chi connectivity index (χ2v) is 6.33. The predicted molar refractivity (Wildman–Crippen MR) is 91.9 cm³/mol. The number of aromatic nitrogens is 2. The molecule has 0 aliphatic heterocycles. The normalized spacial score (nSPS) is 10.6. The third-order valence-corrected chi connectivity index (χ3v) is 4.78. The van der Waals surface area contributed by atoms with E-state index < -0.39 is 5.91 Å². The second-order valence-electron chi connectivity index (χ2n) is 5.28. The van der Waals surface area contributed by atoms with E-state index in [0.29, 0.717) is 4.88 Å². The Balaban J connectivity index is 1.89. The van der Waals surface area contributed by atoms with Gasteiger partial charge in [0.05, 0.1) is 4.88 Å². The minimum Gasteiger partial charge on any atom is -0.314 e. The van der Waals surface area contributed by atoms with Gasteiger partial charge >= 0.3 is 0 Å². The number of rotatable bonds is 3. The zero-order chi connectivity index (χ0) is 17.3. The summed E-state index contributed by atoms with van der Waals surface area (Å²) >= 11 is 1.28. The number of halogens is 1. The molecule has 0 saturated heterocycles. The summed E-state index contributed by atoms with van der Waals surface area (Å²) in [6.45, 7) is 1.88. The van der Waals surface area contributed by atoms with Crippen molar-refractivity contribution in [2.75, 3.05) is 5.32 Å². The van der Waals surface area contributed by atoms with E-state index in [4.69, 9.17) is 0 Å². The molecule has 1 amide bonds. The van der Waals surface area contributed by atoms with Crippen LogP contribution in [0, 0.1) is 12.7 Å². The third kappa shape index (κ3) is 3.11. The topological polar surface area (TPSA) is 64.0 Å². The van der Waals surface area contributed by atoms with Crippen LogP contribution in [0.1, 0.15) is 15.2 Å². The Kier molecular flexibility index (Phi) is 4.26. The summed E-state index contributed by atoms with van der Waals surface area (Å²) < 4.78 is 14.4. The van der Waals surface area contributed by atoms with Gasteiger partial charge < -0.3 is 9.88 Å². The van der Waals surface area contributed by atoms with E-state index in [0.717, 1.165) is 16.0 Å². The number of nitrogens with zero attached hydrogens (tertiary/aromatic N) is 2. The van der Waals surface area contributed by atoms with Gasteiger partial charge in [-0.25, -0.2) is 9.37 Å². The summed E-state index contributed by atoms with van der Waals surface area (Å²) in [6, 6.07) is 7.85. The summed E-state index contributed by atoms with van der Waals surface area (Å²) in [7, 11) is 1.58. The number of hydrogen-bond acceptors (Lipinski definition) is 4. The van der Waals surface area contributed by atoms with Gasteiger partial charge in [-0.3, -0.25) is 9.59 Å². The number of amides is 1. The Bertz CT molecular complexity index is 961. The molecule has 3 aromatic rings. The highest BCUT2D eigenvalue weighted by Crippen LogP contribution is 2.32. The molecule has 0 unspecified atom stereocenters. The number of carbonyl (C=O) groups is 1. The van der Waals surface area contributed by atoms with Gasteiger partial charge in [-0.05, 0) is 36.2 Å². The molecule has 122 valence electrons. The van der Waals surface area contributed by atoms with E-state index in [-0.39, 0.29) is 17.2 Å². The molecule has 0 atom stereocenters. The maximum atomic E-state index is 13.0. The number of nitrogens with one attached hydrogen (secondary N) is 1. The van der Waals surface area contributed by atoms with Gasteiger partial charge in [-0.1, -0.05) is 12.1 Å². The average Bonchev–Trinajstić information content (AvgIpc) is 2.94. The van der Waals surface area contributed by atoms with E-state index in [1.54, 1.807) is 25.2 Å². The van der Waals surface area contributed by atoms with E-state index in [1.807, 2.05) is 6.92 Å². The molecule has 2 aromatic heterocycles. The largest absolute Gasteiger partial charge is 0.314 e. The van der Waals surface area contributed by atoms with Crippen LogP contribution in [0.2, 0.25) is 0 Å². The Morgan fingerprint density at radius 3 is 2.71 bits per heavy atom. The Hall–Kier alpha value is -2.80. The molecule has 1 aromatic carbocycles. The predicted octanol–water partition coefficient (Wildman–Crippen LogP) is 3.21. The van der Waals surface area contributed by atoms with Crippen LogP contribution in [0.3, 0.4) is 0 Å². The van der Waals surface area contributed by atoms with E-state index in [1.165, 1.54) is 40.4 Å². The van der Waals surface area contributed by atoms with Crippen molar-refractivity contribution < 1.29 is 9.18 Å². The lowest BCUT2D eigenvalue weighted by Gasteiger charge is -2.03. The molecule has 24 heavy (non-hydrogen) atoms. The van der Waals surface area contributed by atoms with Crippen LogP contribution in [0.25, 0.3) is 10.4 Å². The maximum Gasteiger partial charge on any atom is 0.293 e. The lowest BCUT2D eigenvalue weighted by Crippen LogP contribution is -2.24. The first kappa shape index (κ1) is 16.1. The smallest absolute Gasteiger partial charge is 0.293 e. The zero-order valence-corrected chi connectivity index (χ0v) is 13.9. The standard InChI is InChI=1S/C17H14FN3O2S/c1-10-9-13(24-14(10)11-3-5-12(18)6-4-11)16(22)20-15-17(23)21(2)8-7-19-15/h3-9H,1-2H3,(H,19,20,22).